The first-order chi connectivity index (χ1) is 8.51. The normalized spacial score (nSPS) is 12.4. The van der Waals surface area contributed by atoms with Gasteiger partial charge in [-0.1, -0.05) is 49.1 Å². The Hall–Kier alpha value is -1.82. The van der Waals surface area contributed by atoms with Crippen LogP contribution in [0.4, 0.5) is 0 Å². The highest BCUT2D eigenvalue weighted by molar-refractivity contribution is 5.81. The smallest absolute Gasteiger partial charge is 0.0146 e. The molecule has 0 amide bonds. The van der Waals surface area contributed by atoms with Gasteiger partial charge in [-0.15, -0.1) is 0 Å². The Morgan fingerprint density at radius 2 is 1.89 bits per heavy atom. The summed E-state index contributed by atoms with van der Waals surface area (Å²) >= 11 is 0. The van der Waals surface area contributed by atoms with Gasteiger partial charge in [0.2, 0.25) is 0 Å². The van der Waals surface area contributed by atoms with Crippen molar-refractivity contribution in [2.75, 3.05) is 0 Å². The van der Waals surface area contributed by atoms with Crippen LogP contribution in [-0.4, -0.2) is 0 Å². The van der Waals surface area contributed by atoms with Crippen LogP contribution in [0.3, 0.4) is 0 Å². The first-order valence-corrected chi connectivity index (χ1v) is 6.24. The van der Waals surface area contributed by atoms with E-state index in [1.807, 2.05) is 19.9 Å². The minimum Gasteiger partial charge on any atom is -0.0988 e. The number of aryl methyl sites for hydroxylation is 1. The maximum atomic E-state index is 4.01. The molecule has 0 saturated carbocycles. The van der Waals surface area contributed by atoms with Crippen molar-refractivity contribution in [1.29, 1.82) is 0 Å². The highest BCUT2D eigenvalue weighted by Gasteiger charge is 2.06. The topological polar surface area (TPSA) is 0 Å². The number of rotatable bonds is 4. The van der Waals surface area contributed by atoms with E-state index in [-0.39, 0.29) is 0 Å². The van der Waals surface area contributed by atoms with Crippen LogP contribution in [-0.2, 0) is 0 Å². The lowest BCUT2D eigenvalue weighted by Gasteiger charge is -2.12. The van der Waals surface area contributed by atoms with Crippen LogP contribution in [0.25, 0.3) is 11.1 Å². The van der Waals surface area contributed by atoms with E-state index >= 15 is 0 Å². The summed E-state index contributed by atoms with van der Waals surface area (Å²) in [5.41, 5.74) is 7.23. The Labute approximate surface area is 111 Å². The maximum Gasteiger partial charge on any atom is -0.0146 e. The average molecular weight is 238 g/mol. The van der Waals surface area contributed by atoms with Gasteiger partial charge in [0.05, 0.1) is 0 Å². The molecule has 0 heterocycles. The van der Waals surface area contributed by atoms with Gasteiger partial charge in [-0.25, -0.2) is 0 Å². The van der Waals surface area contributed by atoms with Crippen molar-refractivity contribution in [3.63, 3.8) is 0 Å². The van der Waals surface area contributed by atoms with Crippen molar-refractivity contribution in [2.24, 2.45) is 0 Å². The van der Waals surface area contributed by atoms with E-state index < -0.39 is 0 Å². The van der Waals surface area contributed by atoms with Crippen LogP contribution in [0.15, 0.2) is 55.2 Å². The van der Waals surface area contributed by atoms with Gasteiger partial charge in [0.25, 0.3) is 0 Å². The molecule has 0 aliphatic heterocycles. The van der Waals surface area contributed by atoms with Crippen LogP contribution in [0.2, 0.25) is 0 Å². The second-order valence-electron chi connectivity index (χ2n) is 4.61. The molecule has 94 valence electrons. The lowest BCUT2D eigenvalue weighted by molar-refractivity contribution is 1.38. The summed E-state index contributed by atoms with van der Waals surface area (Å²) in [4.78, 5) is 0. The van der Waals surface area contributed by atoms with E-state index in [2.05, 4.69) is 57.4 Å². The molecule has 0 fully saturated rings. The predicted octanol–water partition coefficient (Wildman–Crippen LogP) is 5.56. The minimum absolute atomic E-state index is 1.09. The molecule has 0 atom stereocenters. The largest absolute Gasteiger partial charge is 0.0988 e. The van der Waals surface area contributed by atoms with E-state index in [4.69, 9.17) is 0 Å². The second-order valence-corrected chi connectivity index (χ2v) is 4.61. The quantitative estimate of drug-likeness (QED) is 0.602. The molecule has 0 radical (unpaired) electrons. The van der Waals surface area contributed by atoms with Crippen molar-refractivity contribution in [3.8, 4) is 0 Å². The zero-order valence-corrected chi connectivity index (χ0v) is 11.9. The van der Waals surface area contributed by atoms with Crippen molar-refractivity contribution in [3.05, 3.63) is 71.8 Å². The van der Waals surface area contributed by atoms with Gasteiger partial charge in [0, 0.05) is 0 Å². The molecule has 0 heteroatoms. The Kier molecular flexibility index (Phi) is 4.91. The van der Waals surface area contributed by atoms with Crippen LogP contribution in [0.5, 0.6) is 0 Å². The minimum atomic E-state index is 1.09. The molecular formula is C18H22. The van der Waals surface area contributed by atoms with E-state index in [0.717, 1.165) is 5.57 Å². The summed E-state index contributed by atoms with van der Waals surface area (Å²) in [5, 5.41) is 0. The van der Waals surface area contributed by atoms with Crippen LogP contribution in [0.1, 0.15) is 37.5 Å². The summed E-state index contributed by atoms with van der Waals surface area (Å²) in [6.07, 6.45) is 6.11. The van der Waals surface area contributed by atoms with Crippen molar-refractivity contribution >= 4 is 11.1 Å². The summed E-state index contributed by atoms with van der Waals surface area (Å²) < 4.78 is 0. The van der Waals surface area contributed by atoms with Crippen molar-refractivity contribution in [1.82, 2.24) is 0 Å². The first kappa shape index (κ1) is 14.2. The van der Waals surface area contributed by atoms with Crippen LogP contribution >= 0.6 is 0 Å². The fraction of sp³-hybridized carbons (Fsp3) is 0.222. The van der Waals surface area contributed by atoms with Gasteiger partial charge in [-0.3, -0.25) is 0 Å². The third-order valence-corrected chi connectivity index (χ3v) is 3.08. The second kappa shape index (κ2) is 6.20. The molecule has 1 aromatic carbocycles. The molecule has 0 nitrogen and oxygen atoms in total. The number of benzene rings is 1. The Balaban J connectivity index is 3.50. The summed E-state index contributed by atoms with van der Waals surface area (Å²) in [6, 6.07) is 6.48. The fourth-order valence-electron chi connectivity index (χ4n) is 1.89. The molecule has 0 aromatic heterocycles. The van der Waals surface area contributed by atoms with E-state index in [1.165, 1.54) is 27.8 Å². The molecule has 1 rings (SSSR count). The van der Waals surface area contributed by atoms with Gasteiger partial charge in [-0.2, -0.15) is 0 Å². The van der Waals surface area contributed by atoms with E-state index in [9.17, 15) is 0 Å². The standard InChI is InChI=1S/C18H22/c1-7-9-17(14(5)8-2)18-12-16(13(3)4)11-10-15(18)6/h7-12H,2-3H2,1,4-6H3/b9-7-,17-14+. The highest BCUT2D eigenvalue weighted by atomic mass is 14.1. The lowest BCUT2D eigenvalue weighted by atomic mass is 9.93. The van der Waals surface area contributed by atoms with E-state index in [1.54, 1.807) is 0 Å². The monoisotopic (exact) mass is 238 g/mol. The third kappa shape index (κ3) is 3.10. The average Bonchev–Trinajstić information content (AvgIpc) is 2.35. The van der Waals surface area contributed by atoms with Gasteiger partial charge in [0.15, 0.2) is 0 Å². The SMILES string of the molecule is C=C/C(C)=C(\C=C/C)c1cc(C(=C)C)ccc1C. The van der Waals surface area contributed by atoms with Crippen molar-refractivity contribution in [2.45, 2.75) is 27.7 Å². The number of allylic oxidation sites excluding steroid dienone is 6. The Bertz CT molecular complexity index is 525. The molecule has 0 saturated heterocycles. The Morgan fingerprint density at radius 3 is 2.39 bits per heavy atom. The van der Waals surface area contributed by atoms with Crippen LogP contribution in [0, 0.1) is 6.92 Å². The zero-order valence-electron chi connectivity index (χ0n) is 11.9. The van der Waals surface area contributed by atoms with Gasteiger partial charge < -0.3 is 0 Å². The van der Waals surface area contributed by atoms with Gasteiger partial charge in [0.1, 0.15) is 0 Å². The van der Waals surface area contributed by atoms with E-state index in [0.29, 0.717) is 0 Å². The van der Waals surface area contributed by atoms with Gasteiger partial charge in [-0.05, 0) is 61.6 Å². The molecule has 0 spiro atoms. The molecule has 0 N–H and O–H groups in total. The molecule has 0 unspecified atom stereocenters. The molecule has 0 aliphatic rings. The lowest BCUT2D eigenvalue weighted by Crippen LogP contribution is -1.92. The Morgan fingerprint density at radius 1 is 1.22 bits per heavy atom. The maximum absolute atomic E-state index is 4.01. The van der Waals surface area contributed by atoms with Crippen molar-refractivity contribution < 1.29 is 0 Å². The summed E-state index contributed by atoms with van der Waals surface area (Å²) in [7, 11) is 0. The molecular weight excluding hydrogens is 216 g/mol. The summed E-state index contributed by atoms with van der Waals surface area (Å²) in [6.45, 7) is 16.2. The highest BCUT2D eigenvalue weighted by Crippen LogP contribution is 2.27. The summed E-state index contributed by atoms with van der Waals surface area (Å²) in [5.74, 6) is 0. The van der Waals surface area contributed by atoms with Gasteiger partial charge >= 0.3 is 0 Å². The molecule has 0 aliphatic carbocycles. The number of hydrogen-bond donors (Lipinski definition) is 0. The fourth-order valence-corrected chi connectivity index (χ4v) is 1.89. The predicted molar refractivity (Wildman–Crippen MR) is 83.5 cm³/mol. The third-order valence-electron chi connectivity index (χ3n) is 3.08. The zero-order chi connectivity index (χ0) is 13.7. The molecule has 1 aromatic rings. The molecule has 18 heavy (non-hydrogen) atoms. The van der Waals surface area contributed by atoms with Crippen LogP contribution < -0.4 is 0 Å². The number of hydrogen-bond acceptors (Lipinski definition) is 0. The first-order valence-electron chi connectivity index (χ1n) is 6.24. The molecule has 0 bridgehead atoms.